The monoisotopic (exact) mass is 563 g/mol. The van der Waals surface area contributed by atoms with E-state index in [0.717, 1.165) is 0 Å². The van der Waals surface area contributed by atoms with Crippen molar-refractivity contribution in [1.29, 1.82) is 0 Å². The van der Waals surface area contributed by atoms with Gasteiger partial charge in [-0.2, -0.15) is 0 Å². The SMILES string of the molecule is NC(=O)CCC(NC(=O)C(N)CCCN=C(N)N)C(=O)NC(Cc1ccccc1)C(=O)NC(CC(N)=O)C(=O)O. The molecule has 1 aromatic rings. The fourth-order valence-electron chi connectivity index (χ4n) is 3.49. The van der Waals surface area contributed by atoms with Crippen LogP contribution in [-0.2, 0) is 35.2 Å². The molecule has 40 heavy (non-hydrogen) atoms. The summed E-state index contributed by atoms with van der Waals surface area (Å²) in [6, 6.07) is 3.18. The van der Waals surface area contributed by atoms with Crippen LogP contribution in [0.2, 0.25) is 0 Å². The maximum absolute atomic E-state index is 13.2. The van der Waals surface area contributed by atoms with Crippen LogP contribution in [0.3, 0.4) is 0 Å². The van der Waals surface area contributed by atoms with Crippen LogP contribution in [-0.4, -0.2) is 77.3 Å². The van der Waals surface area contributed by atoms with E-state index in [2.05, 4.69) is 20.9 Å². The number of benzene rings is 1. The van der Waals surface area contributed by atoms with Crippen molar-refractivity contribution in [2.75, 3.05) is 6.54 Å². The minimum Gasteiger partial charge on any atom is -0.480 e. The fraction of sp³-hybridized carbons (Fsp3) is 0.458. The van der Waals surface area contributed by atoms with E-state index < -0.39 is 66.1 Å². The standard InChI is InChI=1S/C24H37N9O7/c25-14(7-4-10-30-24(28)29)20(36)31-15(8-9-18(26)34)21(37)32-16(11-13-5-2-1-3-6-13)22(38)33-17(23(39)40)12-19(27)35/h1-3,5-6,14-17H,4,7-12,25H2,(H2,26,34)(H2,27,35)(H,31,36)(H,32,37)(H,33,38)(H,39,40)(H4,28,29,30). The van der Waals surface area contributed by atoms with E-state index in [0.29, 0.717) is 12.0 Å². The molecule has 16 heteroatoms. The van der Waals surface area contributed by atoms with E-state index in [4.69, 9.17) is 28.7 Å². The van der Waals surface area contributed by atoms with Gasteiger partial charge in [-0.3, -0.25) is 29.0 Å². The van der Waals surface area contributed by atoms with Crippen molar-refractivity contribution < 1.29 is 33.9 Å². The van der Waals surface area contributed by atoms with E-state index in [-0.39, 0.29) is 38.2 Å². The number of hydrogen-bond acceptors (Lipinski definition) is 8. The number of nitrogens with one attached hydrogen (secondary N) is 3. The molecule has 5 amide bonds. The van der Waals surface area contributed by atoms with Crippen molar-refractivity contribution >= 4 is 41.5 Å². The Balaban J connectivity index is 3.09. The lowest BCUT2D eigenvalue weighted by molar-refractivity contribution is -0.143. The van der Waals surface area contributed by atoms with Crippen molar-refractivity contribution in [3.05, 3.63) is 35.9 Å². The van der Waals surface area contributed by atoms with Gasteiger partial charge in [0, 0.05) is 19.4 Å². The summed E-state index contributed by atoms with van der Waals surface area (Å²) in [5.74, 6) is -5.77. The molecular weight excluding hydrogens is 526 g/mol. The smallest absolute Gasteiger partial charge is 0.326 e. The summed E-state index contributed by atoms with van der Waals surface area (Å²) >= 11 is 0. The topological polar surface area (TPSA) is 301 Å². The Labute approximate surface area is 230 Å². The third kappa shape index (κ3) is 13.2. The Morgan fingerprint density at radius 1 is 0.775 bits per heavy atom. The summed E-state index contributed by atoms with van der Waals surface area (Å²) in [5, 5.41) is 16.5. The Bertz CT molecular complexity index is 1080. The number of carboxylic acids is 1. The molecule has 0 saturated carbocycles. The maximum atomic E-state index is 13.2. The highest BCUT2D eigenvalue weighted by Crippen LogP contribution is 2.07. The zero-order valence-corrected chi connectivity index (χ0v) is 21.9. The first-order valence-electron chi connectivity index (χ1n) is 12.4. The molecule has 14 N–H and O–H groups in total. The van der Waals surface area contributed by atoms with Gasteiger partial charge in [-0.05, 0) is 24.8 Å². The molecular formula is C24H37N9O7. The molecule has 1 aromatic carbocycles. The number of carbonyl (C=O) groups is 6. The van der Waals surface area contributed by atoms with Crippen LogP contribution in [0.5, 0.6) is 0 Å². The first kappa shape index (κ1) is 33.3. The first-order chi connectivity index (χ1) is 18.8. The van der Waals surface area contributed by atoms with E-state index in [1.54, 1.807) is 30.3 Å². The number of aliphatic carboxylic acids is 1. The highest BCUT2D eigenvalue weighted by molar-refractivity contribution is 5.95. The van der Waals surface area contributed by atoms with Gasteiger partial charge in [0.15, 0.2) is 5.96 Å². The quantitative estimate of drug-likeness (QED) is 0.0478. The molecule has 0 aliphatic rings. The summed E-state index contributed by atoms with van der Waals surface area (Å²) in [7, 11) is 0. The lowest BCUT2D eigenvalue weighted by Crippen LogP contribution is -2.58. The molecule has 220 valence electrons. The number of nitrogens with two attached hydrogens (primary N) is 5. The average molecular weight is 564 g/mol. The molecule has 0 aliphatic carbocycles. The van der Waals surface area contributed by atoms with Crippen LogP contribution < -0.4 is 44.6 Å². The molecule has 0 radical (unpaired) electrons. The minimum absolute atomic E-state index is 0.0673. The molecule has 1 rings (SSSR count). The predicted molar refractivity (Wildman–Crippen MR) is 144 cm³/mol. The summed E-state index contributed by atoms with van der Waals surface area (Å²) < 4.78 is 0. The van der Waals surface area contributed by atoms with Gasteiger partial charge in [-0.15, -0.1) is 0 Å². The summed E-state index contributed by atoms with van der Waals surface area (Å²) in [6.45, 7) is 0.234. The van der Waals surface area contributed by atoms with Gasteiger partial charge in [-0.25, -0.2) is 4.79 Å². The molecule has 0 saturated heterocycles. The van der Waals surface area contributed by atoms with Gasteiger partial charge in [0.05, 0.1) is 12.5 Å². The largest absolute Gasteiger partial charge is 0.480 e. The van der Waals surface area contributed by atoms with E-state index in [1.165, 1.54) is 0 Å². The number of aliphatic imine (C=N–C) groups is 1. The van der Waals surface area contributed by atoms with Crippen LogP contribution in [0.15, 0.2) is 35.3 Å². The van der Waals surface area contributed by atoms with Crippen LogP contribution in [0.4, 0.5) is 0 Å². The molecule has 0 bridgehead atoms. The van der Waals surface area contributed by atoms with E-state index in [1.807, 2.05) is 0 Å². The third-order valence-corrected chi connectivity index (χ3v) is 5.55. The molecule has 0 fully saturated rings. The van der Waals surface area contributed by atoms with Gasteiger partial charge < -0.3 is 49.7 Å². The van der Waals surface area contributed by atoms with Crippen LogP contribution in [0, 0.1) is 0 Å². The summed E-state index contributed by atoms with van der Waals surface area (Å²) in [4.78, 5) is 76.9. The van der Waals surface area contributed by atoms with Gasteiger partial charge >= 0.3 is 5.97 Å². The van der Waals surface area contributed by atoms with Crippen LogP contribution >= 0.6 is 0 Å². The van der Waals surface area contributed by atoms with Crippen molar-refractivity contribution in [2.45, 2.75) is 62.7 Å². The third-order valence-electron chi connectivity index (χ3n) is 5.55. The molecule has 16 nitrogen and oxygen atoms in total. The highest BCUT2D eigenvalue weighted by Gasteiger charge is 2.31. The Hall–Kier alpha value is -4.73. The maximum Gasteiger partial charge on any atom is 0.326 e. The van der Waals surface area contributed by atoms with Gasteiger partial charge in [-0.1, -0.05) is 30.3 Å². The number of hydrogen-bond donors (Lipinski definition) is 9. The molecule has 0 aliphatic heterocycles. The number of primary amides is 2. The average Bonchev–Trinajstić information content (AvgIpc) is 2.87. The Kier molecular flexibility index (Phi) is 14.1. The van der Waals surface area contributed by atoms with Crippen molar-refractivity contribution in [1.82, 2.24) is 16.0 Å². The minimum atomic E-state index is -1.64. The zero-order valence-electron chi connectivity index (χ0n) is 21.9. The lowest BCUT2D eigenvalue weighted by atomic mass is 10.0. The van der Waals surface area contributed by atoms with Gasteiger partial charge in [0.1, 0.15) is 18.1 Å². The number of amides is 5. The number of carbonyl (C=O) groups excluding carboxylic acids is 5. The van der Waals surface area contributed by atoms with Crippen LogP contribution in [0.1, 0.15) is 37.7 Å². The first-order valence-corrected chi connectivity index (χ1v) is 12.4. The Morgan fingerprint density at radius 2 is 1.35 bits per heavy atom. The number of rotatable bonds is 18. The van der Waals surface area contributed by atoms with E-state index in [9.17, 15) is 33.9 Å². The fourth-order valence-corrected chi connectivity index (χ4v) is 3.49. The van der Waals surface area contributed by atoms with Gasteiger partial charge in [0.25, 0.3) is 0 Å². The number of nitrogens with zero attached hydrogens (tertiary/aromatic N) is 1. The number of guanidine groups is 1. The second kappa shape index (κ2) is 17.0. The molecule has 4 atom stereocenters. The number of carboxylic acid groups (broad SMARTS) is 1. The molecule has 0 spiro atoms. The van der Waals surface area contributed by atoms with Crippen LogP contribution in [0.25, 0.3) is 0 Å². The van der Waals surface area contributed by atoms with E-state index >= 15 is 0 Å². The van der Waals surface area contributed by atoms with Crippen molar-refractivity contribution in [3.63, 3.8) is 0 Å². The molecule has 4 unspecified atom stereocenters. The zero-order chi connectivity index (χ0) is 30.2. The molecule has 0 aromatic heterocycles. The predicted octanol–water partition coefficient (Wildman–Crippen LogP) is -3.71. The second-order valence-electron chi connectivity index (χ2n) is 8.94. The second-order valence-corrected chi connectivity index (χ2v) is 8.94. The van der Waals surface area contributed by atoms with Crippen molar-refractivity contribution in [2.24, 2.45) is 33.7 Å². The summed E-state index contributed by atoms with van der Waals surface area (Å²) in [5.41, 5.74) is 27.3. The molecule has 0 heterocycles. The lowest BCUT2D eigenvalue weighted by Gasteiger charge is -2.25. The normalized spacial score (nSPS) is 13.5. The van der Waals surface area contributed by atoms with Crippen molar-refractivity contribution in [3.8, 4) is 0 Å². The highest BCUT2D eigenvalue weighted by atomic mass is 16.4. The Morgan fingerprint density at radius 3 is 1.90 bits per heavy atom. The summed E-state index contributed by atoms with van der Waals surface area (Å²) in [6.07, 6.45) is -0.657. The van der Waals surface area contributed by atoms with Gasteiger partial charge in [0.2, 0.25) is 29.5 Å².